The summed E-state index contributed by atoms with van der Waals surface area (Å²) < 4.78 is 1.88. The third kappa shape index (κ3) is 2.95. The molecule has 98 valence electrons. The zero-order chi connectivity index (χ0) is 13.0. The molecule has 18 heavy (non-hydrogen) atoms. The molecular formula is C12H20N6. The second kappa shape index (κ2) is 5.77. The van der Waals surface area contributed by atoms with E-state index in [4.69, 9.17) is 0 Å². The van der Waals surface area contributed by atoms with Gasteiger partial charge in [0.25, 0.3) is 0 Å². The Morgan fingerprint density at radius 2 is 2.28 bits per heavy atom. The van der Waals surface area contributed by atoms with Crippen LogP contribution >= 0.6 is 0 Å². The van der Waals surface area contributed by atoms with Gasteiger partial charge in [0.2, 0.25) is 5.65 Å². The Bertz CT molecular complexity index is 492. The molecular weight excluding hydrogens is 228 g/mol. The number of nitrogens with one attached hydrogen (secondary N) is 1. The Morgan fingerprint density at radius 3 is 3.06 bits per heavy atom. The molecule has 0 atom stereocenters. The fourth-order valence-electron chi connectivity index (χ4n) is 1.76. The minimum absolute atomic E-state index is 0.674. The van der Waals surface area contributed by atoms with E-state index in [9.17, 15) is 0 Å². The Hall–Kier alpha value is -1.69. The monoisotopic (exact) mass is 248 g/mol. The van der Waals surface area contributed by atoms with E-state index in [-0.39, 0.29) is 0 Å². The van der Waals surface area contributed by atoms with Crippen LogP contribution in [-0.2, 0) is 0 Å². The van der Waals surface area contributed by atoms with Crippen molar-refractivity contribution in [2.45, 2.75) is 13.8 Å². The van der Waals surface area contributed by atoms with Gasteiger partial charge in [-0.25, -0.2) is 4.98 Å². The molecule has 0 fully saturated rings. The van der Waals surface area contributed by atoms with Crippen molar-refractivity contribution < 1.29 is 0 Å². The fourth-order valence-corrected chi connectivity index (χ4v) is 1.76. The quantitative estimate of drug-likeness (QED) is 0.767. The third-order valence-corrected chi connectivity index (χ3v) is 2.74. The Kier molecular flexibility index (Phi) is 4.09. The van der Waals surface area contributed by atoms with Crippen molar-refractivity contribution >= 4 is 11.5 Å². The van der Waals surface area contributed by atoms with Crippen LogP contribution in [0.2, 0.25) is 0 Å². The highest BCUT2D eigenvalue weighted by Crippen LogP contribution is 2.13. The fraction of sp³-hybridized carbons (Fsp3) is 0.583. The molecule has 0 unspecified atom stereocenters. The average molecular weight is 248 g/mol. The van der Waals surface area contributed by atoms with E-state index in [1.807, 2.05) is 17.6 Å². The van der Waals surface area contributed by atoms with Crippen LogP contribution in [0.25, 0.3) is 5.65 Å². The molecule has 0 spiro atoms. The molecule has 2 aromatic heterocycles. The third-order valence-electron chi connectivity index (χ3n) is 2.74. The summed E-state index contributed by atoms with van der Waals surface area (Å²) in [6.07, 6.45) is 5.30. The number of aromatic nitrogens is 4. The molecule has 2 aromatic rings. The lowest BCUT2D eigenvalue weighted by atomic mass is 10.2. The maximum absolute atomic E-state index is 4.37. The summed E-state index contributed by atoms with van der Waals surface area (Å²) in [4.78, 5) is 6.46. The van der Waals surface area contributed by atoms with Gasteiger partial charge in [-0.1, -0.05) is 13.8 Å². The number of anilines is 1. The molecule has 0 saturated heterocycles. The van der Waals surface area contributed by atoms with Crippen LogP contribution in [0.4, 0.5) is 5.82 Å². The first kappa shape index (κ1) is 12.8. The van der Waals surface area contributed by atoms with Gasteiger partial charge in [-0.05, 0) is 12.5 Å². The molecule has 0 amide bonds. The van der Waals surface area contributed by atoms with Crippen molar-refractivity contribution in [1.82, 2.24) is 24.9 Å². The summed E-state index contributed by atoms with van der Waals surface area (Å²) in [5, 5.41) is 11.4. The molecule has 1 N–H and O–H groups in total. The van der Waals surface area contributed by atoms with Crippen molar-refractivity contribution in [3.63, 3.8) is 0 Å². The van der Waals surface area contributed by atoms with E-state index in [1.54, 1.807) is 12.5 Å². The van der Waals surface area contributed by atoms with Gasteiger partial charge in [0.1, 0.15) is 6.33 Å². The molecule has 0 radical (unpaired) electrons. The molecule has 2 rings (SSSR count). The highest BCUT2D eigenvalue weighted by molar-refractivity contribution is 5.62. The van der Waals surface area contributed by atoms with Gasteiger partial charge in [-0.2, -0.15) is 0 Å². The van der Waals surface area contributed by atoms with Crippen LogP contribution in [0.15, 0.2) is 18.7 Å². The number of hydrogen-bond donors (Lipinski definition) is 1. The van der Waals surface area contributed by atoms with Crippen molar-refractivity contribution in [3.8, 4) is 0 Å². The zero-order valence-electron chi connectivity index (χ0n) is 11.2. The van der Waals surface area contributed by atoms with Crippen molar-refractivity contribution in [1.29, 1.82) is 0 Å². The minimum Gasteiger partial charge on any atom is -0.355 e. The lowest BCUT2D eigenvalue weighted by Crippen LogP contribution is -2.31. The van der Waals surface area contributed by atoms with Gasteiger partial charge in [0.15, 0.2) is 5.82 Å². The van der Waals surface area contributed by atoms with Crippen molar-refractivity contribution in [2.24, 2.45) is 5.92 Å². The summed E-state index contributed by atoms with van der Waals surface area (Å²) in [6, 6.07) is 0. The maximum Gasteiger partial charge on any atom is 0.203 e. The average Bonchev–Trinajstić information content (AvgIpc) is 2.82. The van der Waals surface area contributed by atoms with Gasteiger partial charge in [0.05, 0.1) is 0 Å². The lowest BCUT2D eigenvalue weighted by molar-refractivity contribution is 0.554. The normalized spacial score (nSPS) is 11.3. The zero-order valence-corrected chi connectivity index (χ0v) is 11.2. The predicted molar refractivity (Wildman–Crippen MR) is 71.8 cm³/mol. The van der Waals surface area contributed by atoms with Crippen molar-refractivity contribution in [3.05, 3.63) is 18.7 Å². The number of nitrogens with zero attached hydrogens (tertiary/aromatic N) is 5. The number of likely N-dealkylation sites (N-methyl/N-ethyl adjacent to an activating group) is 1. The van der Waals surface area contributed by atoms with E-state index in [1.165, 1.54) is 0 Å². The van der Waals surface area contributed by atoms with Crippen LogP contribution < -0.4 is 10.2 Å². The highest BCUT2D eigenvalue weighted by Gasteiger charge is 2.09. The summed E-state index contributed by atoms with van der Waals surface area (Å²) in [7, 11) is 2.02. The van der Waals surface area contributed by atoms with Crippen molar-refractivity contribution in [2.75, 3.05) is 31.6 Å². The smallest absolute Gasteiger partial charge is 0.203 e. The summed E-state index contributed by atoms with van der Waals surface area (Å²) in [5.74, 6) is 1.54. The van der Waals surface area contributed by atoms with E-state index in [0.717, 1.165) is 31.1 Å². The Labute approximate surface area is 107 Å². The van der Waals surface area contributed by atoms with Gasteiger partial charge < -0.3 is 10.2 Å². The number of hydrogen-bond acceptors (Lipinski definition) is 5. The molecule has 0 aliphatic heterocycles. The van der Waals surface area contributed by atoms with Crippen LogP contribution in [-0.4, -0.2) is 46.3 Å². The highest BCUT2D eigenvalue weighted by atomic mass is 15.3. The molecule has 0 aromatic carbocycles. The second-order valence-corrected chi connectivity index (χ2v) is 4.83. The Morgan fingerprint density at radius 1 is 1.44 bits per heavy atom. The van der Waals surface area contributed by atoms with Gasteiger partial charge in [0, 0.05) is 32.5 Å². The molecule has 2 heterocycles. The first-order valence-corrected chi connectivity index (χ1v) is 6.24. The second-order valence-electron chi connectivity index (χ2n) is 4.83. The van der Waals surface area contributed by atoms with E-state index in [2.05, 4.69) is 39.2 Å². The molecule has 0 aliphatic rings. The number of rotatable bonds is 6. The van der Waals surface area contributed by atoms with Crippen LogP contribution in [0.1, 0.15) is 13.8 Å². The minimum atomic E-state index is 0.674. The van der Waals surface area contributed by atoms with Gasteiger partial charge in [-0.3, -0.25) is 4.40 Å². The van der Waals surface area contributed by atoms with Gasteiger partial charge in [-0.15, -0.1) is 10.2 Å². The largest absolute Gasteiger partial charge is 0.355 e. The maximum atomic E-state index is 4.37. The van der Waals surface area contributed by atoms with Crippen LogP contribution in [0.3, 0.4) is 0 Å². The summed E-state index contributed by atoms with van der Waals surface area (Å²) in [6.45, 7) is 7.28. The van der Waals surface area contributed by atoms with Gasteiger partial charge >= 0.3 is 0 Å². The molecule has 0 bridgehead atoms. The first-order chi connectivity index (χ1) is 8.68. The SMILES string of the molecule is CC(C)CNCCN(C)c1nccn2cnnc12. The lowest BCUT2D eigenvalue weighted by Gasteiger charge is -2.18. The Balaban J connectivity index is 1.96. The summed E-state index contributed by atoms with van der Waals surface area (Å²) in [5.41, 5.74) is 0.795. The molecule has 0 aliphatic carbocycles. The molecule has 6 heteroatoms. The molecule has 0 saturated carbocycles. The standard InChI is InChI=1S/C12H20N6/c1-10(2)8-13-4-6-17(3)11-12-16-15-9-18(12)7-5-14-11/h5,7,9-10,13H,4,6,8H2,1-3H3. The van der Waals surface area contributed by atoms with E-state index < -0.39 is 0 Å². The first-order valence-electron chi connectivity index (χ1n) is 6.24. The summed E-state index contributed by atoms with van der Waals surface area (Å²) >= 11 is 0. The predicted octanol–water partition coefficient (Wildman–Crippen LogP) is 0.806. The van der Waals surface area contributed by atoms with E-state index >= 15 is 0 Å². The van der Waals surface area contributed by atoms with Crippen LogP contribution in [0.5, 0.6) is 0 Å². The number of fused-ring (bicyclic) bond motifs is 1. The van der Waals surface area contributed by atoms with Crippen LogP contribution in [0, 0.1) is 5.92 Å². The van der Waals surface area contributed by atoms with E-state index in [0.29, 0.717) is 5.92 Å². The molecule has 6 nitrogen and oxygen atoms in total. The topological polar surface area (TPSA) is 58.4 Å².